The quantitative estimate of drug-likeness (QED) is 0.416. The van der Waals surface area contributed by atoms with Gasteiger partial charge in [-0.1, -0.05) is 37.6 Å². The van der Waals surface area contributed by atoms with Crippen molar-refractivity contribution in [1.29, 1.82) is 0 Å². The molecule has 0 radical (unpaired) electrons. The van der Waals surface area contributed by atoms with Crippen LogP contribution in [0, 0.1) is 0 Å². The molecule has 0 heterocycles. The van der Waals surface area contributed by atoms with Gasteiger partial charge in [0.25, 0.3) is 0 Å². The van der Waals surface area contributed by atoms with Gasteiger partial charge in [-0.05, 0) is 42.3 Å². The van der Waals surface area contributed by atoms with E-state index in [9.17, 15) is 9.90 Å². The van der Waals surface area contributed by atoms with Crippen molar-refractivity contribution in [2.45, 2.75) is 19.8 Å². The Bertz CT molecular complexity index is 719. The largest absolute Gasteiger partial charge is 0.494 e. The van der Waals surface area contributed by atoms with E-state index in [1.54, 1.807) is 36.4 Å². The summed E-state index contributed by atoms with van der Waals surface area (Å²) in [6, 6.07) is 14.1. The van der Waals surface area contributed by atoms with Crippen molar-refractivity contribution in [2.75, 3.05) is 13.7 Å². The maximum Gasteiger partial charge on any atom is 0.371 e. The molecule has 0 aliphatic carbocycles. The van der Waals surface area contributed by atoms with E-state index < -0.39 is 5.97 Å². The van der Waals surface area contributed by atoms with Crippen LogP contribution in [-0.4, -0.2) is 24.8 Å². The van der Waals surface area contributed by atoms with E-state index in [1.165, 1.54) is 13.2 Å². The Morgan fingerprint density at radius 3 is 2.36 bits per heavy atom. The molecule has 0 amide bonds. The van der Waals surface area contributed by atoms with Crippen LogP contribution < -0.4 is 14.2 Å². The summed E-state index contributed by atoms with van der Waals surface area (Å²) in [4.78, 5) is 11.5. The highest BCUT2D eigenvalue weighted by atomic mass is 16.5. The van der Waals surface area contributed by atoms with Gasteiger partial charge in [-0.15, -0.1) is 0 Å². The molecule has 0 saturated heterocycles. The first-order chi connectivity index (χ1) is 12.1. The van der Waals surface area contributed by atoms with Crippen LogP contribution in [0.2, 0.25) is 0 Å². The first-order valence-electron chi connectivity index (χ1n) is 8.12. The predicted molar refractivity (Wildman–Crippen MR) is 96.1 cm³/mol. The lowest BCUT2D eigenvalue weighted by Gasteiger charge is -2.10. The molecule has 0 aromatic heterocycles. The van der Waals surface area contributed by atoms with Crippen LogP contribution in [0.15, 0.2) is 54.3 Å². The van der Waals surface area contributed by atoms with E-state index in [0.717, 1.165) is 18.6 Å². The third-order valence-electron chi connectivity index (χ3n) is 3.44. The summed E-state index contributed by atoms with van der Waals surface area (Å²) in [5.41, 5.74) is 0.704. The molecule has 0 bridgehead atoms. The van der Waals surface area contributed by atoms with Gasteiger partial charge in [-0.2, -0.15) is 0 Å². The van der Waals surface area contributed by atoms with Crippen molar-refractivity contribution in [3.63, 3.8) is 0 Å². The predicted octanol–water partition coefficient (Wildman–Crippen LogP) is 4.38. The monoisotopic (exact) mass is 342 g/mol. The highest BCUT2D eigenvalue weighted by molar-refractivity contribution is 5.90. The summed E-state index contributed by atoms with van der Waals surface area (Å²) >= 11 is 0. The minimum Gasteiger partial charge on any atom is -0.494 e. The summed E-state index contributed by atoms with van der Waals surface area (Å²) in [7, 11) is 1.50. The lowest BCUT2D eigenvalue weighted by Crippen LogP contribution is -2.08. The molecule has 0 aliphatic rings. The first-order valence-corrected chi connectivity index (χ1v) is 8.12. The van der Waals surface area contributed by atoms with Gasteiger partial charge in [0.05, 0.1) is 13.7 Å². The molecule has 0 unspecified atom stereocenters. The maximum absolute atomic E-state index is 11.5. The Balaban J connectivity index is 2.15. The molecule has 0 atom stereocenters. The molecule has 0 aliphatic heterocycles. The maximum atomic E-state index is 11.5. The number of rotatable bonds is 9. The second kappa shape index (κ2) is 9.37. The average molecular weight is 342 g/mol. The highest BCUT2D eigenvalue weighted by Crippen LogP contribution is 2.28. The minimum atomic E-state index is -1.16. The fourth-order valence-electron chi connectivity index (χ4n) is 2.10. The number of ether oxygens (including phenoxy) is 3. The van der Waals surface area contributed by atoms with Gasteiger partial charge in [-0.25, -0.2) is 4.79 Å². The summed E-state index contributed by atoms with van der Waals surface area (Å²) in [5, 5.41) is 9.40. The molecule has 0 saturated carbocycles. The first kappa shape index (κ1) is 18.4. The summed E-state index contributed by atoms with van der Waals surface area (Å²) in [5.74, 6) is 0.221. The molecule has 5 nitrogen and oxygen atoms in total. The number of benzene rings is 2. The smallest absolute Gasteiger partial charge is 0.371 e. The van der Waals surface area contributed by atoms with Gasteiger partial charge < -0.3 is 19.3 Å². The number of carboxylic acid groups (broad SMARTS) is 1. The Morgan fingerprint density at radius 2 is 1.76 bits per heavy atom. The van der Waals surface area contributed by atoms with E-state index in [4.69, 9.17) is 14.2 Å². The number of para-hydroxylation sites is 2. The molecule has 2 aromatic carbocycles. The van der Waals surface area contributed by atoms with Crippen LogP contribution in [0.4, 0.5) is 0 Å². The third kappa shape index (κ3) is 5.57. The van der Waals surface area contributed by atoms with Crippen molar-refractivity contribution >= 4 is 12.0 Å². The van der Waals surface area contributed by atoms with Crippen LogP contribution in [0.25, 0.3) is 6.08 Å². The van der Waals surface area contributed by atoms with Crippen LogP contribution in [-0.2, 0) is 4.79 Å². The Morgan fingerprint density at radius 1 is 1.08 bits per heavy atom. The van der Waals surface area contributed by atoms with E-state index >= 15 is 0 Å². The zero-order valence-electron chi connectivity index (χ0n) is 14.4. The average Bonchev–Trinajstić information content (AvgIpc) is 2.63. The number of aliphatic carboxylic acids is 1. The number of hydrogen-bond acceptors (Lipinski definition) is 4. The van der Waals surface area contributed by atoms with Gasteiger partial charge in [0, 0.05) is 0 Å². The topological polar surface area (TPSA) is 65.0 Å². The van der Waals surface area contributed by atoms with Gasteiger partial charge >= 0.3 is 5.97 Å². The van der Waals surface area contributed by atoms with E-state index in [1.807, 2.05) is 12.1 Å². The molecule has 1 N–H and O–H groups in total. The zero-order chi connectivity index (χ0) is 18.1. The second-order valence-corrected chi connectivity index (χ2v) is 5.34. The minimum absolute atomic E-state index is 0.191. The van der Waals surface area contributed by atoms with Crippen molar-refractivity contribution in [2.24, 2.45) is 0 Å². The van der Waals surface area contributed by atoms with Gasteiger partial charge in [0.15, 0.2) is 11.5 Å². The molecule has 2 aromatic rings. The molecule has 132 valence electrons. The molecule has 0 fully saturated rings. The Labute approximate surface area is 147 Å². The molecule has 5 heteroatoms. The second-order valence-electron chi connectivity index (χ2n) is 5.34. The molecule has 2 rings (SSSR count). The highest BCUT2D eigenvalue weighted by Gasteiger charge is 2.13. The summed E-state index contributed by atoms with van der Waals surface area (Å²) in [6.45, 7) is 2.77. The van der Waals surface area contributed by atoms with Crippen molar-refractivity contribution in [1.82, 2.24) is 0 Å². The van der Waals surface area contributed by atoms with Gasteiger partial charge in [0.1, 0.15) is 5.75 Å². The summed E-state index contributed by atoms with van der Waals surface area (Å²) < 4.78 is 16.3. The number of unbranched alkanes of at least 4 members (excludes halogenated alkanes) is 1. The van der Waals surface area contributed by atoms with Crippen molar-refractivity contribution in [3.8, 4) is 17.2 Å². The van der Waals surface area contributed by atoms with Crippen molar-refractivity contribution in [3.05, 3.63) is 59.9 Å². The summed E-state index contributed by atoms with van der Waals surface area (Å²) in [6.07, 6.45) is 3.53. The van der Waals surface area contributed by atoms with Crippen LogP contribution in [0.5, 0.6) is 17.2 Å². The number of hydrogen-bond donors (Lipinski definition) is 1. The normalized spacial score (nSPS) is 11.0. The van der Waals surface area contributed by atoms with E-state index in [0.29, 0.717) is 23.7 Å². The van der Waals surface area contributed by atoms with E-state index in [-0.39, 0.29) is 5.76 Å². The number of carbonyl (C=O) groups is 1. The molecular weight excluding hydrogens is 320 g/mol. The van der Waals surface area contributed by atoms with Crippen LogP contribution >= 0.6 is 0 Å². The van der Waals surface area contributed by atoms with E-state index in [2.05, 4.69) is 6.92 Å². The lowest BCUT2D eigenvalue weighted by atomic mass is 10.2. The SMILES string of the molecule is CCCCOc1ccc(C=C(Oc2ccccc2OC)C(=O)O)cc1. The van der Waals surface area contributed by atoms with Crippen LogP contribution in [0.1, 0.15) is 25.3 Å². The fourth-order valence-corrected chi connectivity index (χ4v) is 2.10. The van der Waals surface area contributed by atoms with Gasteiger partial charge in [0.2, 0.25) is 5.76 Å². The molecule has 0 spiro atoms. The zero-order valence-corrected chi connectivity index (χ0v) is 14.4. The van der Waals surface area contributed by atoms with Crippen molar-refractivity contribution < 1.29 is 24.1 Å². The standard InChI is InChI=1S/C20H22O5/c1-3-4-13-24-16-11-9-15(10-12-16)14-19(20(21)22)25-18-8-6-5-7-17(18)23-2/h5-12,14H,3-4,13H2,1-2H3,(H,21,22). The Kier molecular flexibility index (Phi) is 6.89. The fraction of sp³-hybridized carbons (Fsp3) is 0.250. The van der Waals surface area contributed by atoms with Crippen LogP contribution in [0.3, 0.4) is 0 Å². The Hall–Kier alpha value is -2.95. The number of methoxy groups -OCH3 is 1. The third-order valence-corrected chi connectivity index (χ3v) is 3.44. The molecule has 25 heavy (non-hydrogen) atoms. The lowest BCUT2D eigenvalue weighted by molar-refractivity contribution is -0.134. The van der Waals surface area contributed by atoms with Gasteiger partial charge in [-0.3, -0.25) is 0 Å². The molecular formula is C20H22O5. The number of carboxylic acids is 1.